The summed E-state index contributed by atoms with van der Waals surface area (Å²) >= 11 is 4.03. The van der Waals surface area contributed by atoms with Crippen molar-refractivity contribution >= 4 is 32.7 Å². The molecule has 0 spiro atoms. The van der Waals surface area contributed by atoms with Gasteiger partial charge in [0.15, 0.2) is 0 Å². The fourth-order valence-electron chi connectivity index (χ4n) is 2.05. The number of hydrogen-bond acceptors (Lipinski definition) is 5. The molecule has 20 heavy (non-hydrogen) atoms. The average molecular weight is 351 g/mol. The predicted molar refractivity (Wildman–Crippen MR) is 78.1 cm³/mol. The van der Waals surface area contributed by atoms with E-state index >= 15 is 0 Å². The number of allylic oxidation sites excluding steroid dienone is 1. The lowest BCUT2D eigenvalue weighted by Gasteiger charge is -2.28. The van der Waals surface area contributed by atoms with Gasteiger partial charge in [0.1, 0.15) is 11.7 Å². The van der Waals surface area contributed by atoms with Crippen molar-refractivity contribution in [3.63, 3.8) is 0 Å². The highest BCUT2D eigenvalue weighted by Crippen LogP contribution is 2.43. The summed E-state index contributed by atoms with van der Waals surface area (Å²) in [6.07, 6.45) is 0. The fraction of sp³-hybridized carbons (Fsp3) is 0.154. The second-order valence-electron chi connectivity index (χ2n) is 4.11. The lowest BCUT2D eigenvalue weighted by molar-refractivity contribution is 0.584. The molecule has 1 heterocycles. The molecular weight excluding hydrogens is 343 g/mol. The highest BCUT2D eigenvalue weighted by Gasteiger charge is 2.38. The first-order valence-corrected chi connectivity index (χ1v) is 7.11. The number of nitrogens with two attached hydrogens (primary N) is 1. The number of nitrogens with zero attached hydrogens (tertiary/aromatic N) is 2. The molecule has 4 nitrogen and oxygen atoms in total. The molecule has 7 heteroatoms. The van der Waals surface area contributed by atoms with Crippen LogP contribution in [0.4, 0.5) is 4.39 Å². The second kappa shape index (κ2) is 5.66. The highest BCUT2D eigenvalue weighted by atomic mass is 79.9. The Morgan fingerprint density at radius 1 is 1.40 bits per heavy atom. The summed E-state index contributed by atoms with van der Waals surface area (Å²) < 4.78 is 14.7. The van der Waals surface area contributed by atoms with Crippen molar-refractivity contribution in [3.8, 4) is 12.1 Å². The van der Waals surface area contributed by atoms with Crippen molar-refractivity contribution in [3.05, 3.63) is 44.7 Å². The van der Waals surface area contributed by atoms with E-state index in [1.807, 2.05) is 12.1 Å². The highest BCUT2D eigenvalue weighted by molar-refractivity contribution is 9.10. The molecule has 0 amide bonds. The van der Waals surface area contributed by atoms with Gasteiger partial charge in [0, 0.05) is 10.4 Å². The number of nitriles is 2. The Labute approximate surface area is 127 Å². The van der Waals surface area contributed by atoms with E-state index < -0.39 is 17.7 Å². The Morgan fingerprint density at radius 2 is 2.10 bits per heavy atom. The van der Waals surface area contributed by atoms with Crippen LogP contribution >= 0.6 is 27.7 Å². The van der Waals surface area contributed by atoms with Crippen molar-refractivity contribution in [1.82, 2.24) is 0 Å². The van der Waals surface area contributed by atoms with E-state index in [9.17, 15) is 14.9 Å². The third-order valence-electron chi connectivity index (χ3n) is 2.97. The minimum absolute atomic E-state index is 0.0244. The third-order valence-corrected chi connectivity index (χ3v) is 4.38. The summed E-state index contributed by atoms with van der Waals surface area (Å²) in [7, 11) is 0. The Balaban J connectivity index is 2.66. The lowest BCUT2D eigenvalue weighted by atomic mass is 9.81. The molecule has 3 N–H and O–H groups in total. The van der Waals surface area contributed by atoms with Gasteiger partial charge in [-0.15, -0.1) is 0 Å². The molecule has 2 atom stereocenters. The van der Waals surface area contributed by atoms with E-state index in [4.69, 9.17) is 11.1 Å². The summed E-state index contributed by atoms with van der Waals surface area (Å²) in [5.41, 5.74) is 6.08. The zero-order chi connectivity index (χ0) is 14.9. The predicted octanol–water partition coefficient (Wildman–Crippen LogP) is 3.23. The van der Waals surface area contributed by atoms with Gasteiger partial charge in [-0.3, -0.25) is 5.41 Å². The van der Waals surface area contributed by atoms with Gasteiger partial charge in [-0.25, -0.2) is 4.39 Å². The van der Waals surface area contributed by atoms with Gasteiger partial charge in [-0.05, 0) is 17.7 Å². The van der Waals surface area contributed by atoms with E-state index in [1.165, 1.54) is 12.1 Å². The maximum atomic E-state index is 14.1. The maximum Gasteiger partial charge on any atom is 0.128 e. The molecule has 100 valence electrons. The number of thioether (sulfide) groups is 1. The molecule has 2 rings (SSSR count). The molecule has 1 aliphatic heterocycles. The fourth-order valence-corrected chi connectivity index (χ4v) is 3.22. The average Bonchev–Trinajstić information content (AvgIpc) is 2.38. The first kappa shape index (κ1) is 14.6. The molecule has 1 aliphatic rings. The molecule has 1 aromatic carbocycles. The van der Waals surface area contributed by atoms with Crippen LogP contribution in [-0.2, 0) is 0 Å². The van der Waals surface area contributed by atoms with Crippen LogP contribution in [0.3, 0.4) is 0 Å². The zero-order valence-electron chi connectivity index (χ0n) is 10.0. The molecule has 0 saturated heterocycles. The number of nitrogens with one attached hydrogen (secondary N) is 1. The largest absolute Gasteiger partial charge is 0.392 e. The quantitative estimate of drug-likeness (QED) is 0.812. The first-order chi connectivity index (χ1) is 9.49. The summed E-state index contributed by atoms with van der Waals surface area (Å²) in [6.45, 7) is 0. The van der Waals surface area contributed by atoms with E-state index in [0.29, 0.717) is 4.47 Å². The standard InChI is InChI=1S/C13H8BrFN4S/c14-6-1-2-7(10(15)3-6)11-8(4-16)12(18)20-13(19)9(11)5-17/h1-3,8,11,18H,19H2/t8-,11+/m0/s1. The molecule has 1 aromatic rings. The van der Waals surface area contributed by atoms with Crippen molar-refractivity contribution in [2.45, 2.75) is 5.92 Å². The molecule has 0 radical (unpaired) electrons. The molecule has 0 bridgehead atoms. The van der Waals surface area contributed by atoms with Gasteiger partial charge in [0.05, 0.1) is 27.8 Å². The van der Waals surface area contributed by atoms with Gasteiger partial charge in [-0.1, -0.05) is 33.8 Å². The minimum atomic E-state index is -0.905. The number of hydrogen-bond donors (Lipinski definition) is 2. The third kappa shape index (κ3) is 2.43. The Hall–Kier alpha value is -1.83. The topological polar surface area (TPSA) is 97.4 Å². The van der Waals surface area contributed by atoms with Crippen LogP contribution < -0.4 is 5.73 Å². The van der Waals surface area contributed by atoms with Crippen molar-refractivity contribution in [2.75, 3.05) is 0 Å². The minimum Gasteiger partial charge on any atom is -0.392 e. The first-order valence-electron chi connectivity index (χ1n) is 5.50. The summed E-state index contributed by atoms with van der Waals surface area (Å²) in [4.78, 5) is 0. The lowest BCUT2D eigenvalue weighted by Crippen LogP contribution is -2.27. The molecule has 0 saturated carbocycles. The van der Waals surface area contributed by atoms with E-state index in [2.05, 4.69) is 15.9 Å². The summed E-state index contributed by atoms with van der Waals surface area (Å²) in [6, 6.07) is 8.30. The summed E-state index contributed by atoms with van der Waals surface area (Å²) in [5.74, 6) is -2.28. The molecule has 0 unspecified atom stereocenters. The zero-order valence-corrected chi connectivity index (χ0v) is 12.4. The van der Waals surface area contributed by atoms with Gasteiger partial charge >= 0.3 is 0 Å². The van der Waals surface area contributed by atoms with Crippen LogP contribution in [-0.4, -0.2) is 5.04 Å². The Kier molecular flexibility index (Phi) is 4.12. The number of halogens is 2. The van der Waals surface area contributed by atoms with Crippen molar-refractivity contribution in [1.29, 1.82) is 15.9 Å². The molecule has 0 aliphatic carbocycles. The Bertz CT molecular complexity index is 701. The van der Waals surface area contributed by atoms with Crippen LogP contribution in [0, 0.1) is 39.8 Å². The monoisotopic (exact) mass is 350 g/mol. The maximum absolute atomic E-state index is 14.1. The van der Waals surface area contributed by atoms with Crippen molar-refractivity contribution in [2.24, 2.45) is 11.7 Å². The van der Waals surface area contributed by atoms with Gasteiger partial charge < -0.3 is 5.73 Å². The SMILES string of the molecule is N#CC1=C(N)SC(=N)[C@@H](C#N)[C@H]1c1ccc(Br)cc1F. The number of rotatable bonds is 1. The molecule has 0 fully saturated rings. The normalized spacial score (nSPS) is 22.3. The van der Waals surface area contributed by atoms with Crippen LogP contribution in [0.2, 0.25) is 0 Å². The second-order valence-corrected chi connectivity index (χ2v) is 6.11. The molecule has 0 aromatic heterocycles. The van der Waals surface area contributed by atoms with Crippen LogP contribution in [0.15, 0.2) is 33.3 Å². The Morgan fingerprint density at radius 3 is 2.65 bits per heavy atom. The van der Waals surface area contributed by atoms with Gasteiger partial charge in [0.2, 0.25) is 0 Å². The van der Waals surface area contributed by atoms with Crippen LogP contribution in [0.5, 0.6) is 0 Å². The van der Waals surface area contributed by atoms with Crippen LogP contribution in [0.1, 0.15) is 11.5 Å². The van der Waals surface area contributed by atoms with E-state index in [1.54, 1.807) is 6.07 Å². The van der Waals surface area contributed by atoms with Gasteiger partial charge in [0.25, 0.3) is 0 Å². The van der Waals surface area contributed by atoms with Gasteiger partial charge in [-0.2, -0.15) is 10.5 Å². The smallest absolute Gasteiger partial charge is 0.128 e. The van der Waals surface area contributed by atoms with Crippen molar-refractivity contribution < 1.29 is 4.39 Å². The summed E-state index contributed by atoms with van der Waals surface area (Å²) in [5, 5.41) is 26.4. The number of benzene rings is 1. The van der Waals surface area contributed by atoms with E-state index in [-0.39, 0.29) is 21.2 Å². The molecular formula is C13H8BrFN4S. The van der Waals surface area contributed by atoms with Crippen LogP contribution in [0.25, 0.3) is 0 Å². The van der Waals surface area contributed by atoms with E-state index in [0.717, 1.165) is 11.8 Å².